The maximum absolute atomic E-state index is 11.8. The molecule has 2 rings (SSSR count). The second-order valence-electron chi connectivity index (χ2n) is 4.70. The third kappa shape index (κ3) is 4.59. The maximum Gasteiger partial charge on any atom is 0.220 e. The van der Waals surface area contributed by atoms with Crippen LogP contribution in [-0.2, 0) is 4.79 Å². The number of rotatable bonds is 5. The van der Waals surface area contributed by atoms with E-state index in [9.17, 15) is 4.79 Å². The molecule has 1 aliphatic rings. The van der Waals surface area contributed by atoms with Gasteiger partial charge in [-0.15, -0.1) is 23.7 Å². The number of nitrogens with one attached hydrogen (secondary N) is 2. The summed E-state index contributed by atoms with van der Waals surface area (Å²) in [6.07, 6.45) is 2.88. The lowest BCUT2D eigenvalue weighted by Gasteiger charge is -2.13. The van der Waals surface area contributed by atoms with Crippen molar-refractivity contribution in [2.75, 3.05) is 13.1 Å². The lowest BCUT2D eigenvalue weighted by atomic mass is 10.0. The molecule has 1 fully saturated rings. The fraction of sp³-hybridized carbons (Fsp3) is 0.615. The van der Waals surface area contributed by atoms with Gasteiger partial charge in [-0.2, -0.15) is 0 Å². The van der Waals surface area contributed by atoms with Crippen molar-refractivity contribution in [2.24, 2.45) is 5.92 Å². The molecule has 102 valence electrons. The molecule has 1 aromatic heterocycles. The summed E-state index contributed by atoms with van der Waals surface area (Å²) in [5.74, 6) is 0.871. The largest absolute Gasteiger partial charge is 0.349 e. The Morgan fingerprint density at radius 2 is 2.50 bits per heavy atom. The van der Waals surface area contributed by atoms with Crippen LogP contribution in [0.25, 0.3) is 0 Å². The van der Waals surface area contributed by atoms with Crippen LogP contribution in [0.4, 0.5) is 0 Å². The van der Waals surface area contributed by atoms with Crippen molar-refractivity contribution in [3.63, 3.8) is 0 Å². The topological polar surface area (TPSA) is 41.1 Å². The number of halogens is 1. The fourth-order valence-corrected chi connectivity index (χ4v) is 2.95. The molecule has 0 spiro atoms. The lowest BCUT2D eigenvalue weighted by Crippen LogP contribution is -2.26. The van der Waals surface area contributed by atoms with Crippen molar-refractivity contribution in [2.45, 2.75) is 32.2 Å². The van der Waals surface area contributed by atoms with Crippen LogP contribution in [0.15, 0.2) is 17.5 Å². The summed E-state index contributed by atoms with van der Waals surface area (Å²) in [6, 6.07) is 4.23. The molecule has 1 saturated heterocycles. The van der Waals surface area contributed by atoms with Gasteiger partial charge < -0.3 is 10.6 Å². The first-order chi connectivity index (χ1) is 8.25. The molecule has 0 aliphatic carbocycles. The Morgan fingerprint density at radius 3 is 3.11 bits per heavy atom. The Kier molecular flexibility index (Phi) is 6.68. The van der Waals surface area contributed by atoms with Crippen molar-refractivity contribution < 1.29 is 4.79 Å². The second kappa shape index (κ2) is 7.77. The number of amides is 1. The molecule has 1 aliphatic heterocycles. The molecular weight excluding hydrogens is 268 g/mol. The number of hydrogen-bond acceptors (Lipinski definition) is 3. The van der Waals surface area contributed by atoms with Gasteiger partial charge in [0.2, 0.25) is 5.91 Å². The first kappa shape index (κ1) is 15.5. The van der Waals surface area contributed by atoms with E-state index in [2.05, 4.69) is 16.7 Å². The van der Waals surface area contributed by atoms with Gasteiger partial charge in [-0.1, -0.05) is 6.07 Å². The minimum absolute atomic E-state index is 0. The van der Waals surface area contributed by atoms with Gasteiger partial charge in [-0.25, -0.2) is 0 Å². The number of carbonyl (C=O) groups is 1. The third-order valence-electron chi connectivity index (χ3n) is 3.29. The van der Waals surface area contributed by atoms with Gasteiger partial charge in [0.25, 0.3) is 0 Å². The average Bonchev–Trinajstić information content (AvgIpc) is 2.99. The predicted octanol–water partition coefficient (Wildman–Crippen LogP) is 2.74. The van der Waals surface area contributed by atoms with E-state index in [1.165, 1.54) is 11.3 Å². The molecule has 18 heavy (non-hydrogen) atoms. The molecule has 0 bridgehead atoms. The van der Waals surface area contributed by atoms with Crippen molar-refractivity contribution in [1.82, 2.24) is 10.6 Å². The molecule has 5 heteroatoms. The second-order valence-corrected chi connectivity index (χ2v) is 5.68. The standard InChI is InChI=1S/C13H20N2OS.ClH/c1-10(12-3-2-8-17-12)15-13(16)5-4-11-6-7-14-9-11;/h2-3,8,10-11,14H,4-7,9H2,1H3,(H,15,16);1H. The molecule has 1 amide bonds. The highest BCUT2D eigenvalue weighted by molar-refractivity contribution is 7.10. The maximum atomic E-state index is 11.8. The van der Waals surface area contributed by atoms with Crippen molar-refractivity contribution >= 4 is 29.7 Å². The van der Waals surface area contributed by atoms with E-state index in [1.807, 2.05) is 18.4 Å². The molecule has 0 saturated carbocycles. The highest BCUT2D eigenvalue weighted by atomic mass is 35.5. The van der Waals surface area contributed by atoms with Crippen LogP contribution in [0.1, 0.15) is 37.1 Å². The van der Waals surface area contributed by atoms with E-state index in [0.717, 1.165) is 19.5 Å². The molecule has 0 radical (unpaired) electrons. The summed E-state index contributed by atoms with van der Waals surface area (Å²) in [5, 5.41) is 8.43. The van der Waals surface area contributed by atoms with Crippen molar-refractivity contribution in [3.05, 3.63) is 22.4 Å². The molecular formula is C13H21ClN2OS. The van der Waals surface area contributed by atoms with E-state index in [4.69, 9.17) is 0 Å². The quantitative estimate of drug-likeness (QED) is 0.875. The van der Waals surface area contributed by atoms with Crippen LogP contribution in [0, 0.1) is 5.92 Å². The minimum Gasteiger partial charge on any atom is -0.349 e. The summed E-state index contributed by atoms with van der Waals surface area (Å²) in [7, 11) is 0. The van der Waals surface area contributed by atoms with Gasteiger partial charge in [0.1, 0.15) is 0 Å². The lowest BCUT2D eigenvalue weighted by molar-refractivity contribution is -0.122. The van der Waals surface area contributed by atoms with Crippen LogP contribution in [0.2, 0.25) is 0 Å². The first-order valence-electron chi connectivity index (χ1n) is 6.29. The third-order valence-corrected chi connectivity index (χ3v) is 4.34. The molecule has 2 unspecified atom stereocenters. The van der Waals surface area contributed by atoms with Gasteiger partial charge in [-0.3, -0.25) is 4.79 Å². The summed E-state index contributed by atoms with van der Waals surface area (Å²) in [5.41, 5.74) is 0. The van der Waals surface area contributed by atoms with Crippen molar-refractivity contribution in [1.29, 1.82) is 0 Å². The predicted molar refractivity (Wildman–Crippen MR) is 78.3 cm³/mol. The Hall–Kier alpha value is -0.580. The smallest absolute Gasteiger partial charge is 0.220 e. The van der Waals surface area contributed by atoms with Gasteiger partial charge in [0, 0.05) is 11.3 Å². The highest BCUT2D eigenvalue weighted by Crippen LogP contribution is 2.19. The van der Waals surface area contributed by atoms with Crippen molar-refractivity contribution in [3.8, 4) is 0 Å². The van der Waals surface area contributed by atoms with Crippen LogP contribution in [-0.4, -0.2) is 19.0 Å². The molecule has 1 aromatic rings. The Morgan fingerprint density at radius 1 is 1.67 bits per heavy atom. The van der Waals surface area contributed by atoms with Gasteiger partial charge >= 0.3 is 0 Å². The van der Waals surface area contributed by atoms with Gasteiger partial charge in [-0.05, 0) is 50.2 Å². The monoisotopic (exact) mass is 288 g/mol. The molecule has 2 heterocycles. The SMILES string of the molecule is CC(NC(=O)CCC1CCNC1)c1cccs1.Cl. The van der Waals surface area contributed by atoms with Crippen LogP contribution in [0.3, 0.4) is 0 Å². The summed E-state index contributed by atoms with van der Waals surface area (Å²) < 4.78 is 0. The summed E-state index contributed by atoms with van der Waals surface area (Å²) >= 11 is 1.69. The molecule has 2 atom stereocenters. The summed E-state index contributed by atoms with van der Waals surface area (Å²) in [4.78, 5) is 13.0. The Bertz CT molecular complexity index is 350. The number of thiophene rings is 1. The van der Waals surface area contributed by atoms with E-state index in [-0.39, 0.29) is 24.4 Å². The fourth-order valence-electron chi connectivity index (χ4n) is 2.22. The first-order valence-corrected chi connectivity index (χ1v) is 7.17. The van der Waals surface area contributed by atoms with Gasteiger partial charge in [0.05, 0.1) is 6.04 Å². The van der Waals surface area contributed by atoms with Crippen LogP contribution < -0.4 is 10.6 Å². The van der Waals surface area contributed by atoms with Crippen LogP contribution in [0.5, 0.6) is 0 Å². The highest BCUT2D eigenvalue weighted by Gasteiger charge is 2.16. The normalized spacial score (nSPS) is 20.2. The van der Waals surface area contributed by atoms with Gasteiger partial charge in [0.15, 0.2) is 0 Å². The van der Waals surface area contributed by atoms with Crippen LogP contribution >= 0.6 is 23.7 Å². The number of carbonyl (C=O) groups excluding carboxylic acids is 1. The zero-order valence-electron chi connectivity index (χ0n) is 10.6. The summed E-state index contributed by atoms with van der Waals surface area (Å²) in [6.45, 7) is 4.23. The molecule has 2 N–H and O–H groups in total. The Labute approximate surface area is 119 Å². The number of hydrogen-bond donors (Lipinski definition) is 2. The Balaban J connectivity index is 0.00000162. The zero-order chi connectivity index (χ0) is 12.1. The molecule has 0 aromatic carbocycles. The average molecular weight is 289 g/mol. The van der Waals surface area contributed by atoms with E-state index in [1.54, 1.807) is 11.3 Å². The molecule has 3 nitrogen and oxygen atoms in total. The minimum atomic E-state index is 0. The van der Waals surface area contributed by atoms with E-state index in [0.29, 0.717) is 12.3 Å². The zero-order valence-corrected chi connectivity index (χ0v) is 12.3. The van der Waals surface area contributed by atoms with E-state index < -0.39 is 0 Å². The van der Waals surface area contributed by atoms with E-state index >= 15 is 0 Å².